The van der Waals surface area contributed by atoms with Crippen LogP contribution in [0, 0.1) is 11.8 Å². The molecule has 0 unspecified atom stereocenters. The molecule has 3 aromatic carbocycles. The van der Waals surface area contributed by atoms with Crippen molar-refractivity contribution >= 4 is 5.78 Å². The first-order valence-corrected chi connectivity index (χ1v) is 12.0. The number of benzene rings is 3. The molecule has 0 aliphatic carbocycles. The van der Waals surface area contributed by atoms with Crippen LogP contribution in [0.1, 0.15) is 41.4 Å². The zero-order chi connectivity index (χ0) is 26.5. The van der Waals surface area contributed by atoms with E-state index in [4.69, 9.17) is 28.4 Å². The second kappa shape index (κ2) is 11.4. The van der Waals surface area contributed by atoms with Gasteiger partial charge in [-0.25, -0.2) is 0 Å². The second-order valence-corrected chi connectivity index (χ2v) is 8.90. The van der Waals surface area contributed by atoms with Gasteiger partial charge >= 0.3 is 0 Å². The molecule has 0 spiro atoms. The Morgan fingerprint density at radius 2 is 1.57 bits per heavy atom. The molecule has 0 aromatic heterocycles. The van der Waals surface area contributed by atoms with Crippen molar-refractivity contribution in [3.8, 4) is 34.5 Å². The van der Waals surface area contributed by atoms with Gasteiger partial charge in [0.1, 0.15) is 6.61 Å². The van der Waals surface area contributed by atoms with Crippen LogP contribution in [0.4, 0.5) is 0 Å². The summed E-state index contributed by atoms with van der Waals surface area (Å²) in [7, 11) is 4.56. The van der Waals surface area contributed by atoms with Gasteiger partial charge in [-0.1, -0.05) is 44.2 Å². The molecular formula is C29H32O8. The van der Waals surface area contributed by atoms with Gasteiger partial charge in [0.15, 0.2) is 28.8 Å². The summed E-state index contributed by atoms with van der Waals surface area (Å²) in [4.78, 5) is 13.5. The van der Waals surface area contributed by atoms with Crippen LogP contribution in [-0.2, 0) is 6.61 Å². The van der Waals surface area contributed by atoms with Gasteiger partial charge in [-0.05, 0) is 41.3 Å². The van der Waals surface area contributed by atoms with Gasteiger partial charge < -0.3 is 33.5 Å². The number of carbonyl (C=O) groups excluding carboxylic acids is 1. The predicted molar refractivity (Wildman–Crippen MR) is 137 cm³/mol. The summed E-state index contributed by atoms with van der Waals surface area (Å²) < 4.78 is 33.4. The summed E-state index contributed by atoms with van der Waals surface area (Å²) in [6.07, 6.45) is -0.945. The zero-order valence-electron chi connectivity index (χ0n) is 21.6. The van der Waals surface area contributed by atoms with E-state index in [0.29, 0.717) is 52.2 Å². The number of aliphatic hydroxyl groups excluding tert-OH is 1. The SMILES string of the molecule is COc1cc(C(=O)[C@@H](C)[C@H](C)[C@@H](O)c2cc(OC)c3c(c2)OCO3)cc(OC)c1OCc1ccccc1. The zero-order valence-corrected chi connectivity index (χ0v) is 21.6. The number of hydrogen-bond acceptors (Lipinski definition) is 8. The predicted octanol–water partition coefficient (Wildman–Crippen LogP) is 5.21. The van der Waals surface area contributed by atoms with Crippen molar-refractivity contribution in [2.75, 3.05) is 28.1 Å². The van der Waals surface area contributed by atoms with Crippen LogP contribution < -0.4 is 28.4 Å². The number of ketones is 1. The summed E-state index contributed by atoms with van der Waals surface area (Å²) in [6, 6.07) is 16.4. The Bertz CT molecular complexity index is 1220. The fourth-order valence-corrected chi connectivity index (χ4v) is 4.29. The van der Waals surface area contributed by atoms with Crippen LogP contribution in [0.2, 0.25) is 0 Å². The minimum Gasteiger partial charge on any atom is -0.493 e. The number of fused-ring (bicyclic) bond motifs is 1. The summed E-state index contributed by atoms with van der Waals surface area (Å²) in [5.74, 6) is 1.54. The summed E-state index contributed by atoms with van der Waals surface area (Å²) in [5.41, 5.74) is 1.96. The molecule has 3 aromatic rings. The highest BCUT2D eigenvalue weighted by molar-refractivity contribution is 5.99. The maximum atomic E-state index is 13.5. The maximum absolute atomic E-state index is 13.5. The van der Waals surface area contributed by atoms with Crippen molar-refractivity contribution < 1.29 is 38.3 Å². The van der Waals surface area contributed by atoms with Crippen LogP contribution >= 0.6 is 0 Å². The minimum absolute atomic E-state index is 0.0877. The van der Waals surface area contributed by atoms with Crippen molar-refractivity contribution in [2.24, 2.45) is 11.8 Å². The van der Waals surface area contributed by atoms with E-state index in [-0.39, 0.29) is 12.6 Å². The fraction of sp³-hybridized carbons (Fsp3) is 0.345. The highest BCUT2D eigenvalue weighted by atomic mass is 16.7. The molecule has 0 radical (unpaired) electrons. The molecule has 1 heterocycles. The Labute approximate surface area is 216 Å². The van der Waals surface area contributed by atoms with Crippen molar-refractivity contribution in [2.45, 2.75) is 26.6 Å². The lowest BCUT2D eigenvalue weighted by atomic mass is 9.82. The van der Waals surface area contributed by atoms with Crippen LogP contribution in [0.5, 0.6) is 34.5 Å². The van der Waals surface area contributed by atoms with Crippen LogP contribution in [0.25, 0.3) is 0 Å². The molecule has 1 aliphatic rings. The molecule has 196 valence electrons. The van der Waals surface area contributed by atoms with E-state index < -0.39 is 17.9 Å². The quantitative estimate of drug-likeness (QED) is 0.353. The Morgan fingerprint density at radius 3 is 2.19 bits per heavy atom. The van der Waals surface area contributed by atoms with Crippen molar-refractivity contribution in [3.63, 3.8) is 0 Å². The number of Topliss-reactive ketones (excluding diaryl/α,β-unsaturated/α-hetero) is 1. The molecule has 0 saturated heterocycles. The summed E-state index contributed by atoms with van der Waals surface area (Å²) >= 11 is 0. The standard InChI is InChI=1S/C29H32O8/c1-17(18(2)27(31)21-13-24(34-5)29-25(14-21)36-16-37-29)26(30)20-11-22(32-3)28(23(12-20)33-4)35-15-19-9-7-6-8-10-19/h6-14,17-18,27,31H,15-16H2,1-5H3/t17-,18-,27+/m0/s1. The van der Waals surface area contributed by atoms with E-state index in [2.05, 4.69) is 0 Å². The van der Waals surface area contributed by atoms with Gasteiger partial charge in [0, 0.05) is 11.5 Å². The monoisotopic (exact) mass is 508 g/mol. The van der Waals surface area contributed by atoms with E-state index in [0.717, 1.165) is 5.56 Å². The van der Waals surface area contributed by atoms with Gasteiger partial charge in [0.05, 0.1) is 27.4 Å². The molecule has 1 N–H and O–H groups in total. The Morgan fingerprint density at radius 1 is 0.919 bits per heavy atom. The third kappa shape index (κ3) is 5.44. The van der Waals surface area contributed by atoms with Crippen molar-refractivity contribution in [1.82, 2.24) is 0 Å². The normalized spacial score (nSPS) is 14.4. The van der Waals surface area contributed by atoms with Gasteiger partial charge in [0.2, 0.25) is 18.3 Å². The lowest BCUT2D eigenvalue weighted by molar-refractivity contribution is 0.0654. The third-order valence-electron chi connectivity index (χ3n) is 6.69. The molecule has 4 rings (SSSR count). The average Bonchev–Trinajstić information content (AvgIpc) is 3.43. The average molecular weight is 509 g/mol. The van der Waals surface area contributed by atoms with Gasteiger partial charge in [-0.2, -0.15) is 0 Å². The third-order valence-corrected chi connectivity index (χ3v) is 6.69. The Kier molecular flexibility index (Phi) is 8.08. The van der Waals surface area contributed by atoms with E-state index in [1.54, 1.807) is 31.2 Å². The van der Waals surface area contributed by atoms with Crippen LogP contribution in [-0.4, -0.2) is 39.0 Å². The van der Waals surface area contributed by atoms with Crippen LogP contribution in [0.15, 0.2) is 54.6 Å². The van der Waals surface area contributed by atoms with Crippen LogP contribution in [0.3, 0.4) is 0 Å². The first kappa shape index (κ1) is 26.2. The van der Waals surface area contributed by atoms with Gasteiger partial charge in [-0.3, -0.25) is 4.79 Å². The number of ether oxygens (including phenoxy) is 6. The lowest BCUT2D eigenvalue weighted by Gasteiger charge is -2.25. The lowest BCUT2D eigenvalue weighted by Crippen LogP contribution is -2.24. The Hall–Kier alpha value is -3.91. The largest absolute Gasteiger partial charge is 0.493 e. The van der Waals surface area contributed by atoms with Crippen molar-refractivity contribution in [1.29, 1.82) is 0 Å². The smallest absolute Gasteiger partial charge is 0.231 e. The van der Waals surface area contributed by atoms with Gasteiger partial charge in [0.25, 0.3) is 0 Å². The fourth-order valence-electron chi connectivity index (χ4n) is 4.29. The molecular weight excluding hydrogens is 476 g/mol. The highest BCUT2D eigenvalue weighted by Gasteiger charge is 2.31. The number of carbonyl (C=O) groups is 1. The number of methoxy groups -OCH3 is 3. The Balaban J connectivity index is 1.55. The second-order valence-electron chi connectivity index (χ2n) is 8.90. The van der Waals surface area contributed by atoms with E-state index in [9.17, 15) is 9.90 Å². The van der Waals surface area contributed by atoms with Crippen molar-refractivity contribution in [3.05, 3.63) is 71.3 Å². The van der Waals surface area contributed by atoms with E-state index in [1.165, 1.54) is 21.3 Å². The first-order chi connectivity index (χ1) is 17.9. The number of rotatable bonds is 11. The molecule has 8 heteroatoms. The topological polar surface area (TPSA) is 92.7 Å². The first-order valence-electron chi connectivity index (χ1n) is 12.0. The molecule has 8 nitrogen and oxygen atoms in total. The highest BCUT2D eigenvalue weighted by Crippen LogP contribution is 2.45. The molecule has 0 amide bonds. The molecule has 0 saturated carbocycles. The maximum Gasteiger partial charge on any atom is 0.231 e. The van der Waals surface area contributed by atoms with E-state index in [1.807, 2.05) is 37.3 Å². The molecule has 0 fully saturated rings. The minimum atomic E-state index is -0.945. The molecule has 0 bridgehead atoms. The van der Waals surface area contributed by atoms with Gasteiger partial charge in [-0.15, -0.1) is 0 Å². The molecule has 1 aliphatic heterocycles. The van der Waals surface area contributed by atoms with E-state index >= 15 is 0 Å². The molecule has 3 atom stereocenters. The number of hydrogen-bond donors (Lipinski definition) is 1. The summed E-state index contributed by atoms with van der Waals surface area (Å²) in [5, 5.41) is 11.2. The molecule has 37 heavy (non-hydrogen) atoms. The number of aliphatic hydroxyl groups is 1. The summed E-state index contributed by atoms with van der Waals surface area (Å²) in [6.45, 7) is 4.03.